The Morgan fingerprint density at radius 2 is 1.82 bits per heavy atom. The molecule has 1 heterocycles. The summed E-state index contributed by atoms with van der Waals surface area (Å²) in [5, 5.41) is 5.33. The smallest absolute Gasteiger partial charge is 0.241 e. The quantitative estimate of drug-likeness (QED) is 0.624. The average Bonchev–Trinajstić information content (AvgIpc) is 3.14. The van der Waals surface area contributed by atoms with Crippen LogP contribution in [0.1, 0.15) is 24.8 Å². The zero-order chi connectivity index (χ0) is 20.9. The van der Waals surface area contributed by atoms with Gasteiger partial charge in [-0.3, -0.25) is 4.79 Å². The van der Waals surface area contributed by atoms with Crippen molar-refractivity contribution in [3.05, 3.63) is 51.7 Å². The minimum absolute atomic E-state index is 0.0182. The standard InChI is InChI=1S/C19H26ClN3O3S2/c1-13(2)18(22-28(25,26)15-9-7-14(20)8-10-15)19(24)21-12-16(23(3)4)17-6-5-11-27-17/h5-11,13,16,18,22H,12H2,1-4H3,(H,21,24)/t16?,18-/m0/s1. The first-order valence-corrected chi connectivity index (χ1v) is 11.6. The first-order chi connectivity index (χ1) is 13.1. The summed E-state index contributed by atoms with van der Waals surface area (Å²) in [5.41, 5.74) is 0. The van der Waals surface area contributed by atoms with Crippen molar-refractivity contribution in [2.24, 2.45) is 5.92 Å². The monoisotopic (exact) mass is 443 g/mol. The lowest BCUT2D eigenvalue weighted by molar-refractivity contribution is -0.123. The normalized spacial score (nSPS) is 14.2. The second-order valence-corrected chi connectivity index (χ2v) is 10.2. The number of nitrogens with zero attached hydrogens (tertiary/aromatic N) is 1. The highest BCUT2D eigenvalue weighted by Crippen LogP contribution is 2.22. The fraction of sp³-hybridized carbons (Fsp3) is 0.421. The third-order valence-electron chi connectivity index (χ3n) is 4.32. The van der Waals surface area contributed by atoms with Gasteiger partial charge in [-0.15, -0.1) is 11.3 Å². The summed E-state index contributed by atoms with van der Waals surface area (Å²) in [4.78, 5) is 16.0. The number of benzene rings is 1. The summed E-state index contributed by atoms with van der Waals surface area (Å²) in [6.07, 6.45) is 0. The Labute approximate surface area is 175 Å². The number of nitrogens with one attached hydrogen (secondary N) is 2. The maximum Gasteiger partial charge on any atom is 0.241 e. The van der Waals surface area contributed by atoms with Crippen LogP contribution in [0.5, 0.6) is 0 Å². The fourth-order valence-electron chi connectivity index (χ4n) is 2.67. The topological polar surface area (TPSA) is 78.5 Å². The van der Waals surface area contributed by atoms with Crippen molar-refractivity contribution in [1.29, 1.82) is 0 Å². The van der Waals surface area contributed by atoms with Crippen LogP contribution in [0.3, 0.4) is 0 Å². The van der Waals surface area contributed by atoms with Gasteiger partial charge in [0.1, 0.15) is 6.04 Å². The van der Waals surface area contributed by atoms with Crippen LogP contribution in [0, 0.1) is 5.92 Å². The number of rotatable bonds is 9. The van der Waals surface area contributed by atoms with Crippen molar-refractivity contribution in [3.8, 4) is 0 Å². The zero-order valence-corrected chi connectivity index (χ0v) is 18.7. The molecular weight excluding hydrogens is 418 g/mol. The van der Waals surface area contributed by atoms with Crippen molar-refractivity contribution < 1.29 is 13.2 Å². The largest absolute Gasteiger partial charge is 0.353 e. The molecule has 1 aromatic heterocycles. The summed E-state index contributed by atoms with van der Waals surface area (Å²) in [6, 6.07) is 8.96. The van der Waals surface area contributed by atoms with Gasteiger partial charge in [-0.1, -0.05) is 31.5 Å². The molecule has 0 radical (unpaired) electrons. The molecule has 0 fully saturated rings. The van der Waals surface area contributed by atoms with Crippen LogP contribution < -0.4 is 10.0 Å². The van der Waals surface area contributed by atoms with Gasteiger partial charge in [0.15, 0.2) is 0 Å². The Bertz CT molecular complexity index is 866. The van der Waals surface area contributed by atoms with E-state index in [1.807, 2.05) is 36.5 Å². The van der Waals surface area contributed by atoms with Crippen molar-refractivity contribution >= 4 is 38.9 Å². The number of sulfonamides is 1. The summed E-state index contributed by atoms with van der Waals surface area (Å²) >= 11 is 7.44. The molecule has 2 N–H and O–H groups in total. The van der Waals surface area contributed by atoms with Crippen LogP contribution in [0.2, 0.25) is 5.02 Å². The van der Waals surface area contributed by atoms with Gasteiger partial charge >= 0.3 is 0 Å². The number of halogens is 1. The molecule has 0 saturated carbocycles. The van der Waals surface area contributed by atoms with E-state index in [1.165, 1.54) is 24.3 Å². The van der Waals surface area contributed by atoms with Crippen LogP contribution in [-0.4, -0.2) is 45.9 Å². The summed E-state index contributed by atoms with van der Waals surface area (Å²) in [7, 11) is 0.0461. The predicted octanol–water partition coefficient (Wildman–Crippen LogP) is 3.12. The van der Waals surface area contributed by atoms with Crippen molar-refractivity contribution in [1.82, 2.24) is 14.9 Å². The number of hydrogen-bond acceptors (Lipinski definition) is 5. The number of thiophene rings is 1. The Morgan fingerprint density at radius 1 is 1.18 bits per heavy atom. The summed E-state index contributed by atoms with van der Waals surface area (Å²) in [5.74, 6) is -0.572. The van der Waals surface area contributed by atoms with E-state index in [0.717, 1.165) is 4.88 Å². The van der Waals surface area contributed by atoms with Crippen molar-refractivity contribution in [2.45, 2.75) is 30.8 Å². The lowest BCUT2D eigenvalue weighted by atomic mass is 10.0. The second-order valence-electron chi connectivity index (χ2n) is 7.04. The van der Waals surface area contributed by atoms with E-state index in [4.69, 9.17) is 11.6 Å². The molecule has 2 aromatic rings. The number of likely N-dealkylation sites (N-methyl/N-ethyl adjacent to an activating group) is 1. The van der Waals surface area contributed by atoms with Crippen LogP contribution in [-0.2, 0) is 14.8 Å². The second kappa shape index (κ2) is 9.84. The lowest BCUT2D eigenvalue weighted by Gasteiger charge is -2.26. The molecule has 1 amide bonds. The minimum Gasteiger partial charge on any atom is -0.353 e. The molecule has 2 atom stereocenters. The van der Waals surface area contributed by atoms with E-state index in [0.29, 0.717) is 11.6 Å². The first-order valence-electron chi connectivity index (χ1n) is 8.87. The Balaban J connectivity index is 2.10. The van der Waals surface area contributed by atoms with E-state index in [1.54, 1.807) is 25.2 Å². The molecule has 0 aliphatic rings. The number of hydrogen-bond donors (Lipinski definition) is 2. The molecule has 6 nitrogen and oxygen atoms in total. The molecule has 1 unspecified atom stereocenters. The van der Waals surface area contributed by atoms with E-state index in [9.17, 15) is 13.2 Å². The maximum absolute atomic E-state index is 12.8. The van der Waals surface area contributed by atoms with E-state index in [2.05, 4.69) is 10.0 Å². The fourth-order valence-corrected chi connectivity index (χ4v) is 5.06. The number of carbonyl (C=O) groups is 1. The highest BCUT2D eigenvalue weighted by molar-refractivity contribution is 7.89. The third-order valence-corrected chi connectivity index (χ3v) is 7.00. The molecule has 1 aromatic carbocycles. The van der Waals surface area contributed by atoms with Crippen LogP contribution in [0.25, 0.3) is 0 Å². The molecule has 9 heteroatoms. The van der Waals surface area contributed by atoms with Crippen LogP contribution in [0.4, 0.5) is 0 Å². The minimum atomic E-state index is -3.84. The van der Waals surface area contributed by atoms with Gasteiger partial charge in [0, 0.05) is 16.4 Å². The Kier molecular flexibility index (Phi) is 8.03. The van der Waals surface area contributed by atoms with Gasteiger partial charge in [0.25, 0.3) is 0 Å². The molecule has 0 aliphatic heterocycles. The van der Waals surface area contributed by atoms with Gasteiger partial charge in [0.05, 0.1) is 10.9 Å². The van der Waals surface area contributed by atoms with E-state index in [-0.39, 0.29) is 22.8 Å². The first kappa shape index (κ1) is 22.8. The van der Waals surface area contributed by atoms with E-state index >= 15 is 0 Å². The van der Waals surface area contributed by atoms with Crippen LogP contribution in [0.15, 0.2) is 46.7 Å². The van der Waals surface area contributed by atoms with Gasteiger partial charge in [-0.2, -0.15) is 4.72 Å². The van der Waals surface area contributed by atoms with Crippen molar-refractivity contribution in [2.75, 3.05) is 20.6 Å². The Morgan fingerprint density at radius 3 is 2.32 bits per heavy atom. The highest BCUT2D eigenvalue weighted by atomic mass is 35.5. The molecule has 0 spiro atoms. The SMILES string of the molecule is CC(C)[C@H](NS(=O)(=O)c1ccc(Cl)cc1)C(=O)NCC(c1cccs1)N(C)C. The summed E-state index contributed by atoms with van der Waals surface area (Å²) in [6.45, 7) is 3.99. The summed E-state index contributed by atoms with van der Waals surface area (Å²) < 4.78 is 27.8. The van der Waals surface area contributed by atoms with Gasteiger partial charge in [-0.25, -0.2) is 8.42 Å². The predicted molar refractivity (Wildman–Crippen MR) is 114 cm³/mol. The molecule has 2 rings (SSSR count). The van der Waals surface area contributed by atoms with Gasteiger partial charge in [-0.05, 0) is 55.7 Å². The molecular formula is C19H26ClN3O3S2. The molecule has 0 bridgehead atoms. The molecule has 154 valence electrons. The van der Waals surface area contributed by atoms with Crippen molar-refractivity contribution in [3.63, 3.8) is 0 Å². The zero-order valence-electron chi connectivity index (χ0n) is 16.3. The van der Waals surface area contributed by atoms with Gasteiger partial charge in [0.2, 0.25) is 15.9 Å². The van der Waals surface area contributed by atoms with E-state index < -0.39 is 16.1 Å². The third kappa shape index (κ3) is 6.02. The molecule has 28 heavy (non-hydrogen) atoms. The molecule has 0 aliphatic carbocycles. The number of amides is 1. The highest BCUT2D eigenvalue weighted by Gasteiger charge is 2.29. The Hall–Kier alpha value is -1.45. The lowest BCUT2D eigenvalue weighted by Crippen LogP contribution is -2.50. The van der Waals surface area contributed by atoms with Crippen LogP contribution >= 0.6 is 22.9 Å². The number of carbonyl (C=O) groups excluding carboxylic acids is 1. The molecule has 0 saturated heterocycles. The van der Waals surface area contributed by atoms with Gasteiger partial charge < -0.3 is 10.2 Å². The average molecular weight is 444 g/mol. The maximum atomic E-state index is 12.8.